The molecule has 1 amide bonds. The summed E-state index contributed by atoms with van der Waals surface area (Å²) in [5, 5.41) is 3.40. The number of hydrogen-bond acceptors (Lipinski definition) is 4. The van der Waals surface area contributed by atoms with Gasteiger partial charge in [-0.1, -0.05) is 0 Å². The Kier molecular flexibility index (Phi) is 4.35. The Bertz CT molecular complexity index is 993. The number of nitrogens with zero attached hydrogens (tertiary/aromatic N) is 3. The molecule has 136 valence electrons. The topological polar surface area (TPSA) is 69.0 Å². The summed E-state index contributed by atoms with van der Waals surface area (Å²) in [6.07, 6.45) is 3.44. The molecule has 3 heterocycles. The highest BCUT2D eigenvalue weighted by molar-refractivity contribution is 5.98. The normalized spacial score (nSPS) is 11.6. The molecule has 3 rings (SSSR count). The van der Waals surface area contributed by atoms with Gasteiger partial charge in [0.25, 0.3) is 5.92 Å². The number of hydrogen-bond donors (Lipinski definition) is 1. The molecule has 6 nitrogen and oxygen atoms in total. The average molecular weight is 360 g/mol. The molecule has 0 aliphatic carbocycles. The highest BCUT2D eigenvalue weighted by atomic mass is 19.3. The standard InChI is InChI=1S/C18H18F2N4O2/c1-10(25)22-16-7-12-13(9-24(3)14(12)8-21-16)11-5-15(18(2,19)20)23-17(6-11)26-4/h5-9H,1-4H3,(H,21,22,25). The van der Waals surface area contributed by atoms with Crippen molar-refractivity contribution in [1.29, 1.82) is 0 Å². The number of fused-ring (bicyclic) bond motifs is 1. The number of alkyl halides is 2. The van der Waals surface area contributed by atoms with E-state index >= 15 is 0 Å². The second kappa shape index (κ2) is 6.36. The van der Waals surface area contributed by atoms with Crippen molar-refractivity contribution in [3.8, 4) is 17.0 Å². The van der Waals surface area contributed by atoms with Crippen LogP contribution in [0.4, 0.5) is 14.6 Å². The molecule has 0 spiro atoms. The first-order valence-electron chi connectivity index (χ1n) is 7.86. The third-order valence-corrected chi connectivity index (χ3v) is 3.95. The smallest absolute Gasteiger partial charge is 0.287 e. The van der Waals surface area contributed by atoms with Gasteiger partial charge >= 0.3 is 0 Å². The monoisotopic (exact) mass is 360 g/mol. The third kappa shape index (κ3) is 3.35. The molecular weight excluding hydrogens is 342 g/mol. The maximum Gasteiger partial charge on any atom is 0.287 e. The number of amides is 1. The number of halogens is 2. The number of anilines is 1. The van der Waals surface area contributed by atoms with E-state index in [2.05, 4.69) is 15.3 Å². The van der Waals surface area contributed by atoms with Crippen molar-refractivity contribution >= 4 is 22.6 Å². The summed E-state index contributed by atoms with van der Waals surface area (Å²) in [5.41, 5.74) is 1.68. The lowest BCUT2D eigenvalue weighted by molar-refractivity contribution is -0.114. The van der Waals surface area contributed by atoms with Crippen LogP contribution in [0.2, 0.25) is 0 Å². The van der Waals surface area contributed by atoms with E-state index in [0.717, 1.165) is 17.8 Å². The Morgan fingerprint density at radius 3 is 2.65 bits per heavy atom. The minimum Gasteiger partial charge on any atom is -0.481 e. The van der Waals surface area contributed by atoms with E-state index in [9.17, 15) is 13.6 Å². The van der Waals surface area contributed by atoms with E-state index in [0.29, 0.717) is 16.9 Å². The van der Waals surface area contributed by atoms with Gasteiger partial charge in [0.05, 0.1) is 18.8 Å². The van der Waals surface area contributed by atoms with Crippen LogP contribution in [-0.2, 0) is 17.8 Å². The minimum absolute atomic E-state index is 0.104. The van der Waals surface area contributed by atoms with Crippen LogP contribution in [0.15, 0.2) is 30.6 Å². The Balaban J connectivity index is 2.23. The zero-order valence-corrected chi connectivity index (χ0v) is 14.8. The van der Waals surface area contributed by atoms with Crippen LogP contribution in [-0.4, -0.2) is 27.6 Å². The van der Waals surface area contributed by atoms with Crippen LogP contribution in [0.3, 0.4) is 0 Å². The fraction of sp³-hybridized carbons (Fsp3) is 0.278. The minimum atomic E-state index is -3.10. The molecule has 1 N–H and O–H groups in total. The highest BCUT2D eigenvalue weighted by Crippen LogP contribution is 2.36. The van der Waals surface area contributed by atoms with Gasteiger partial charge in [0.2, 0.25) is 11.8 Å². The van der Waals surface area contributed by atoms with Gasteiger partial charge in [-0.25, -0.2) is 9.97 Å². The average Bonchev–Trinajstić information content (AvgIpc) is 2.89. The molecule has 0 saturated carbocycles. The zero-order chi connectivity index (χ0) is 19.1. The highest BCUT2D eigenvalue weighted by Gasteiger charge is 2.28. The Morgan fingerprint density at radius 2 is 2.04 bits per heavy atom. The van der Waals surface area contributed by atoms with Crippen molar-refractivity contribution in [2.24, 2.45) is 7.05 Å². The van der Waals surface area contributed by atoms with E-state index in [4.69, 9.17) is 4.74 Å². The summed E-state index contributed by atoms with van der Waals surface area (Å²) >= 11 is 0. The lowest BCUT2D eigenvalue weighted by Gasteiger charge is -2.13. The number of aryl methyl sites for hydroxylation is 1. The number of nitrogens with one attached hydrogen (secondary N) is 1. The number of rotatable bonds is 4. The first-order valence-corrected chi connectivity index (χ1v) is 7.86. The molecule has 0 aliphatic rings. The molecule has 0 radical (unpaired) electrons. The van der Waals surface area contributed by atoms with Crippen LogP contribution in [0.1, 0.15) is 19.5 Å². The van der Waals surface area contributed by atoms with Crippen LogP contribution >= 0.6 is 0 Å². The molecule has 0 aliphatic heterocycles. The summed E-state index contributed by atoms with van der Waals surface area (Å²) in [7, 11) is 3.21. The lowest BCUT2D eigenvalue weighted by Crippen LogP contribution is -2.10. The molecule has 0 fully saturated rings. The maximum atomic E-state index is 13.8. The molecule has 8 heteroatoms. The Morgan fingerprint density at radius 1 is 1.31 bits per heavy atom. The molecule has 0 atom stereocenters. The maximum absolute atomic E-state index is 13.8. The number of aromatic nitrogens is 3. The Labute approximate surface area is 148 Å². The van der Waals surface area contributed by atoms with Crippen LogP contribution in [0.25, 0.3) is 22.0 Å². The van der Waals surface area contributed by atoms with Crippen molar-refractivity contribution in [3.05, 3.63) is 36.3 Å². The van der Waals surface area contributed by atoms with Gasteiger partial charge in [-0.3, -0.25) is 4.79 Å². The number of carbonyl (C=O) groups is 1. The van der Waals surface area contributed by atoms with Crippen molar-refractivity contribution in [2.75, 3.05) is 12.4 Å². The van der Waals surface area contributed by atoms with E-state index in [-0.39, 0.29) is 17.5 Å². The van der Waals surface area contributed by atoms with Gasteiger partial charge in [-0.15, -0.1) is 0 Å². The molecule has 26 heavy (non-hydrogen) atoms. The van der Waals surface area contributed by atoms with E-state index in [1.165, 1.54) is 20.1 Å². The summed E-state index contributed by atoms with van der Waals surface area (Å²) in [6, 6.07) is 4.65. The van der Waals surface area contributed by atoms with Gasteiger partial charge in [-0.2, -0.15) is 8.78 Å². The van der Waals surface area contributed by atoms with Gasteiger partial charge in [0.15, 0.2) is 0 Å². The van der Waals surface area contributed by atoms with Crippen molar-refractivity contribution in [2.45, 2.75) is 19.8 Å². The fourth-order valence-electron chi connectivity index (χ4n) is 2.75. The second-order valence-corrected chi connectivity index (χ2v) is 6.09. The van der Waals surface area contributed by atoms with Crippen molar-refractivity contribution in [1.82, 2.24) is 14.5 Å². The molecule has 0 unspecified atom stereocenters. The summed E-state index contributed by atoms with van der Waals surface area (Å²) in [6.45, 7) is 2.18. The molecular formula is C18H18F2N4O2. The number of carbonyl (C=O) groups excluding carboxylic acids is 1. The van der Waals surface area contributed by atoms with Crippen LogP contribution < -0.4 is 10.1 Å². The second-order valence-electron chi connectivity index (χ2n) is 6.09. The third-order valence-electron chi connectivity index (χ3n) is 3.95. The summed E-state index contributed by atoms with van der Waals surface area (Å²) < 4.78 is 34.6. The number of pyridine rings is 2. The van der Waals surface area contributed by atoms with E-state index in [1.807, 2.05) is 17.8 Å². The van der Waals surface area contributed by atoms with Gasteiger partial charge in [-0.05, 0) is 17.7 Å². The predicted octanol–water partition coefficient (Wildman–Crippen LogP) is 3.71. The fourth-order valence-corrected chi connectivity index (χ4v) is 2.75. The van der Waals surface area contributed by atoms with Crippen molar-refractivity contribution in [3.63, 3.8) is 0 Å². The Hall–Kier alpha value is -3.03. The van der Waals surface area contributed by atoms with E-state index in [1.54, 1.807) is 18.3 Å². The summed E-state index contributed by atoms with van der Waals surface area (Å²) in [5.74, 6) is -2.85. The summed E-state index contributed by atoms with van der Waals surface area (Å²) in [4.78, 5) is 19.3. The largest absolute Gasteiger partial charge is 0.481 e. The number of ether oxygens (including phenoxy) is 1. The molecule has 3 aromatic heterocycles. The van der Waals surface area contributed by atoms with Crippen LogP contribution in [0.5, 0.6) is 5.88 Å². The quantitative estimate of drug-likeness (QED) is 0.770. The van der Waals surface area contributed by atoms with Gasteiger partial charge in [0.1, 0.15) is 11.5 Å². The SMILES string of the molecule is COc1cc(-c2cn(C)c3cnc(NC(C)=O)cc23)cc(C(C)(F)F)n1. The molecule has 0 saturated heterocycles. The van der Waals surface area contributed by atoms with Crippen molar-refractivity contribution < 1.29 is 18.3 Å². The van der Waals surface area contributed by atoms with Gasteiger partial charge < -0.3 is 14.6 Å². The molecule has 0 bridgehead atoms. The molecule has 0 aromatic carbocycles. The van der Waals surface area contributed by atoms with Gasteiger partial charge in [0, 0.05) is 44.1 Å². The zero-order valence-electron chi connectivity index (χ0n) is 14.8. The van der Waals surface area contributed by atoms with Crippen LogP contribution in [0, 0.1) is 0 Å². The lowest BCUT2D eigenvalue weighted by atomic mass is 10.0. The molecule has 3 aromatic rings. The first-order chi connectivity index (χ1) is 12.2. The predicted molar refractivity (Wildman–Crippen MR) is 94.4 cm³/mol. The number of methoxy groups -OCH3 is 1. The first kappa shape index (κ1) is 17.8. The van der Waals surface area contributed by atoms with E-state index < -0.39 is 5.92 Å².